The van der Waals surface area contributed by atoms with Gasteiger partial charge in [0.15, 0.2) is 9.84 Å². The summed E-state index contributed by atoms with van der Waals surface area (Å²) in [5.74, 6) is -6.09. The van der Waals surface area contributed by atoms with Crippen molar-refractivity contribution in [3.63, 3.8) is 0 Å². The highest BCUT2D eigenvalue weighted by molar-refractivity contribution is 7.96. The molecular weight excluding hydrogens is 612 g/mol. The quantitative estimate of drug-likeness (QED) is 0.136. The maximum atomic E-state index is 13.1. The predicted octanol–water partition coefficient (Wildman–Crippen LogP) is 0.488. The van der Waals surface area contributed by atoms with Crippen LogP contribution in [0.15, 0.2) is 40.8 Å². The first-order valence-corrected chi connectivity index (χ1v) is 15.1. The number of hydrogen-bond donors (Lipinski definition) is 6. The molecule has 43 heavy (non-hydrogen) atoms. The van der Waals surface area contributed by atoms with Crippen LogP contribution in [0.2, 0.25) is 0 Å². The van der Waals surface area contributed by atoms with Crippen LogP contribution in [-0.2, 0) is 45.2 Å². The summed E-state index contributed by atoms with van der Waals surface area (Å²) in [6.45, 7) is 2.71. The Morgan fingerprint density at radius 1 is 0.907 bits per heavy atom. The summed E-state index contributed by atoms with van der Waals surface area (Å²) in [4.78, 5) is 73.6. The topological polar surface area (TPSA) is 234 Å². The van der Waals surface area contributed by atoms with Crippen molar-refractivity contribution in [2.75, 3.05) is 12.8 Å². The van der Waals surface area contributed by atoms with Crippen LogP contribution in [0.4, 0.5) is 4.79 Å². The van der Waals surface area contributed by atoms with Crippen LogP contribution in [-0.4, -0.2) is 85.3 Å². The molecule has 0 aromatic heterocycles. The van der Waals surface area contributed by atoms with Crippen LogP contribution in [0.25, 0.3) is 0 Å². The van der Waals surface area contributed by atoms with Crippen molar-refractivity contribution in [1.29, 1.82) is 0 Å². The Bertz CT molecular complexity index is 1300. The van der Waals surface area contributed by atoms with Crippen molar-refractivity contribution in [2.24, 2.45) is 5.92 Å². The molecule has 1 aromatic carbocycles. The Balaban J connectivity index is 3.01. The fourth-order valence-electron chi connectivity index (χ4n) is 3.38. The lowest BCUT2D eigenvalue weighted by atomic mass is 10.0. The zero-order valence-electron chi connectivity index (χ0n) is 23.7. The number of alkyl carbamates (subject to hydrolysis) is 1. The van der Waals surface area contributed by atoms with E-state index in [1.54, 1.807) is 44.2 Å². The van der Waals surface area contributed by atoms with Gasteiger partial charge in [-0.2, -0.15) is 0 Å². The Morgan fingerprint density at radius 3 is 2.05 bits per heavy atom. The lowest BCUT2D eigenvalue weighted by Gasteiger charge is -2.26. The molecule has 17 heteroatoms. The van der Waals surface area contributed by atoms with E-state index in [4.69, 9.17) is 21.4 Å². The lowest BCUT2D eigenvalue weighted by Crippen LogP contribution is -2.58. The Labute approximate surface area is 253 Å². The van der Waals surface area contributed by atoms with Crippen LogP contribution in [0.5, 0.6) is 0 Å². The molecule has 4 amide bonds. The van der Waals surface area contributed by atoms with Gasteiger partial charge in [0, 0.05) is 19.2 Å². The first kappa shape index (κ1) is 36.8. The summed E-state index contributed by atoms with van der Waals surface area (Å²) in [5, 5.41) is 27.5. The maximum absolute atomic E-state index is 13.1. The average Bonchev–Trinajstić information content (AvgIpc) is 2.91. The molecule has 1 aromatic rings. The molecule has 0 radical (unpaired) electrons. The largest absolute Gasteiger partial charge is 0.481 e. The zero-order valence-corrected chi connectivity index (χ0v) is 25.2. The van der Waals surface area contributed by atoms with E-state index in [9.17, 15) is 42.3 Å². The highest BCUT2D eigenvalue weighted by atomic mass is 35.5. The summed E-state index contributed by atoms with van der Waals surface area (Å²) in [5.41, 5.74) is 0.626. The monoisotopic (exact) mass is 646 g/mol. The molecule has 0 aliphatic heterocycles. The van der Waals surface area contributed by atoms with Crippen molar-refractivity contribution in [1.82, 2.24) is 21.3 Å². The fraction of sp³-hybridized carbons (Fsp3) is 0.462. The van der Waals surface area contributed by atoms with Crippen LogP contribution in [0.3, 0.4) is 0 Å². The third-order valence-corrected chi connectivity index (χ3v) is 7.49. The zero-order chi connectivity index (χ0) is 32.7. The molecule has 0 aliphatic rings. The Hall–Kier alpha value is -4.18. The van der Waals surface area contributed by atoms with Crippen molar-refractivity contribution >= 4 is 57.2 Å². The SMILES string of the molecule is CC(C)[C@H](NC(=O)[C@H](CCC(=O)O)NC(=O)[C@H](CC(=O)O)NC(=O)OCc1ccccc1)C(=O)NC/C=C(\Cl)S(C)(=O)=O. The summed E-state index contributed by atoms with van der Waals surface area (Å²) in [6, 6.07) is 4.06. The summed E-state index contributed by atoms with van der Waals surface area (Å²) < 4.78 is 27.4. The Morgan fingerprint density at radius 2 is 1.51 bits per heavy atom. The number of halogens is 1. The number of carboxylic acids is 2. The summed E-state index contributed by atoms with van der Waals surface area (Å²) in [7, 11) is -3.68. The Kier molecular flexibility index (Phi) is 15.2. The molecule has 0 heterocycles. The number of carbonyl (C=O) groups is 6. The molecule has 0 aliphatic carbocycles. The van der Waals surface area contributed by atoms with Gasteiger partial charge in [-0.05, 0) is 24.0 Å². The molecule has 0 saturated heterocycles. The van der Waals surface area contributed by atoms with Gasteiger partial charge in [-0.1, -0.05) is 55.8 Å². The fourth-order valence-corrected chi connectivity index (χ4v) is 3.85. The van der Waals surface area contributed by atoms with Gasteiger partial charge in [0.25, 0.3) is 0 Å². The number of sulfone groups is 1. The van der Waals surface area contributed by atoms with Crippen molar-refractivity contribution in [2.45, 2.75) is 57.8 Å². The van der Waals surface area contributed by atoms with Crippen molar-refractivity contribution < 1.29 is 52.1 Å². The van der Waals surface area contributed by atoms with Crippen LogP contribution in [0.1, 0.15) is 38.7 Å². The second kappa shape index (κ2) is 17.7. The van der Waals surface area contributed by atoms with E-state index in [2.05, 4.69) is 21.3 Å². The molecule has 6 N–H and O–H groups in total. The van der Waals surface area contributed by atoms with Crippen molar-refractivity contribution in [3.05, 3.63) is 46.3 Å². The van der Waals surface area contributed by atoms with Gasteiger partial charge < -0.3 is 36.2 Å². The molecule has 0 saturated carbocycles. The van der Waals surface area contributed by atoms with E-state index in [0.29, 0.717) is 5.56 Å². The van der Waals surface area contributed by atoms with Crippen molar-refractivity contribution in [3.8, 4) is 0 Å². The third kappa shape index (κ3) is 14.5. The molecule has 0 unspecified atom stereocenters. The summed E-state index contributed by atoms with van der Waals surface area (Å²) in [6.07, 6.45) is -1.10. The first-order chi connectivity index (χ1) is 20.0. The number of aliphatic carboxylic acids is 2. The number of nitrogens with one attached hydrogen (secondary N) is 4. The van der Waals surface area contributed by atoms with E-state index in [1.807, 2.05) is 0 Å². The molecule has 1 rings (SSSR count). The van der Waals surface area contributed by atoms with E-state index in [-0.39, 0.29) is 13.2 Å². The number of rotatable bonds is 17. The molecule has 238 valence electrons. The number of carboxylic acid groups (broad SMARTS) is 2. The number of carbonyl (C=O) groups excluding carboxylic acids is 4. The molecule has 0 spiro atoms. The van der Waals surface area contributed by atoms with E-state index in [0.717, 1.165) is 12.3 Å². The predicted molar refractivity (Wildman–Crippen MR) is 153 cm³/mol. The molecular formula is C26H35ClN4O11S. The van der Waals surface area contributed by atoms with E-state index < -0.39 is 93.3 Å². The molecule has 0 bridgehead atoms. The molecule has 0 fully saturated rings. The first-order valence-electron chi connectivity index (χ1n) is 12.9. The van der Waals surface area contributed by atoms with Gasteiger partial charge in [0.1, 0.15) is 29.1 Å². The molecule has 15 nitrogen and oxygen atoms in total. The maximum Gasteiger partial charge on any atom is 0.408 e. The minimum absolute atomic E-state index is 0.174. The second-order valence-electron chi connectivity index (χ2n) is 9.61. The second-order valence-corrected chi connectivity index (χ2v) is 12.2. The minimum atomic E-state index is -3.68. The van der Waals surface area contributed by atoms with Gasteiger partial charge in [0.2, 0.25) is 17.7 Å². The van der Waals surface area contributed by atoms with Gasteiger partial charge in [-0.3, -0.25) is 24.0 Å². The van der Waals surface area contributed by atoms with Crippen LogP contribution < -0.4 is 21.3 Å². The molecule has 3 atom stereocenters. The third-order valence-electron chi connectivity index (χ3n) is 5.62. The smallest absolute Gasteiger partial charge is 0.408 e. The van der Waals surface area contributed by atoms with Gasteiger partial charge in [-0.15, -0.1) is 0 Å². The van der Waals surface area contributed by atoms with E-state index >= 15 is 0 Å². The lowest BCUT2D eigenvalue weighted by molar-refractivity contribution is -0.140. The number of benzene rings is 1. The van der Waals surface area contributed by atoms with Gasteiger partial charge in [0.05, 0.1) is 6.42 Å². The normalized spacial score (nSPS) is 13.7. The average molecular weight is 647 g/mol. The highest BCUT2D eigenvalue weighted by Gasteiger charge is 2.32. The number of amides is 4. The van der Waals surface area contributed by atoms with E-state index in [1.165, 1.54) is 0 Å². The van der Waals surface area contributed by atoms with Gasteiger partial charge in [-0.25, -0.2) is 13.2 Å². The van der Waals surface area contributed by atoms with Gasteiger partial charge >= 0.3 is 18.0 Å². The highest BCUT2D eigenvalue weighted by Crippen LogP contribution is 2.09. The van der Waals surface area contributed by atoms with Crippen LogP contribution >= 0.6 is 11.6 Å². The van der Waals surface area contributed by atoms with Crippen LogP contribution in [0, 0.1) is 5.92 Å². The standard InChI is InChI=1S/C26H35ClN4O11S/c1-15(2)22(25(38)28-12-11-19(27)43(3,40)41)31-23(36)17(9-10-20(32)33)29-24(37)18(13-21(34)35)30-26(39)42-14-16-7-5-4-6-8-16/h4-8,11,15,17-18,22H,9-10,12-14H2,1-3H3,(H,28,38)(H,29,37)(H,30,39)(H,31,36)(H,32,33)(H,34,35)/b19-11+/t17-,18-,22-/m0/s1. The minimum Gasteiger partial charge on any atom is -0.481 e. The number of ether oxygens (including phenoxy) is 1. The number of hydrogen-bond acceptors (Lipinski definition) is 9. The summed E-state index contributed by atoms with van der Waals surface area (Å²) >= 11 is 5.64.